The molecule has 0 fully saturated rings. The first-order chi connectivity index (χ1) is 8.99. The molecule has 0 saturated carbocycles. The Bertz CT molecular complexity index is 539. The summed E-state index contributed by atoms with van der Waals surface area (Å²) >= 11 is 5.68. The monoisotopic (exact) mass is 282 g/mol. The predicted octanol–water partition coefficient (Wildman–Crippen LogP) is 2.49. The van der Waals surface area contributed by atoms with Crippen LogP contribution in [0.1, 0.15) is 12.5 Å². The number of carbonyl (C=O) groups excluding carboxylic acids is 1. The Kier molecular flexibility index (Phi) is 5.27. The van der Waals surface area contributed by atoms with Crippen molar-refractivity contribution in [2.24, 2.45) is 5.92 Å². The van der Waals surface area contributed by atoms with Gasteiger partial charge in [0.1, 0.15) is 10.9 Å². The SMILES string of the molecule is CCOC(=O)C(C#N)Cc1ccc(Cl)c([N+](=O)[O-])c1. The van der Waals surface area contributed by atoms with E-state index in [1.54, 1.807) is 13.0 Å². The Morgan fingerprint density at radius 2 is 2.32 bits per heavy atom. The summed E-state index contributed by atoms with van der Waals surface area (Å²) in [5, 5.41) is 19.6. The molecule has 0 N–H and O–H groups in total. The number of halogens is 1. The molecule has 0 aliphatic heterocycles. The van der Waals surface area contributed by atoms with Gasteiger partial charge in [-0.05, 0) is 25.0 Å². The van der Waals surface area contributed by atoms with Gasteiger partial charge in [-0.1, -0.05) is 17.7 Å². The summed E-state index contributed by atoms with van der Waals surface area (Å²) in [4.78, 5) is 21.6. The van der Waals surface area contributed by atoms with Gasteiger partial charge < -0.3 is 4.74 Å². The van der Waals surface area contributed by atoms with Gasteiger partial charge in [0.05, 0.1) is 17.6 Å². The maximum atomic E-state index is 11.5. The third-order valence-electron chi connectivity index (χ3n) is 2.37. The molecule has 0 spiro atoms. The summed E-state index contributed by atoms with van der Waals surface area (Å²) in [7, 11) is 0. The summed E-state index contributed by atoms with van der Waals surface area (Å²) in [6.45, 7) is 1.82. The minimum atomic E-state index is -0.985. The van der Waals surface area contributed by atoms with Gasteiger partial charge in [0.15, 0.2) is 0 Å². The van der Waals surface area contributed by atoms with Crippen LogP contribution < -0.4 is 0 Å². The van der Waals surface area contributed by atoms with Crippen molar-refractivity contribution in [2.45, 2.75) is 13.3 Å². The number of nitro groups is 1. The molecule has 0 amide bonds. The van der Waals surface area contributed by atoms with E-state index in [0.29, 0.717) is 5.56 Å². The topological polar surface area (TPSA) is 93.2 Å². The minimum Gasteiger partial charge on any atom is -0.465 e. The highest BCUT2D eigenvalue weighted by molar-refractivity contribution is 6.32. The van der Waals surface area contributed by atoms with E-state index in [9.17, 15) is 14.9 Å². The number of carbonyl (C=O) groups is 1. The van der Waals surface area contributed by atoms with E-state index in [1.165, 1.54) is 12.1 Å². The normalized spacial score (nSPS) is 11.4. The van der Waals surface area contributed by atoms with Crippen molar-refractivity contribution < 1.29 is 14.5 Å². The average molecular weight is 283 g/mol. The molecule has 0 bridgehead atoms. The van der Waals surface area contributed by atoms with Crippen molar-refractivity contribution in [3.05, 3.63) is 38.9 Å². The van der Waals surface area contributed by atoms with Crippen molar-refractivity contribution in [3.63, 3.8) is 0 Å². The molecule has 0 radical (unpaired) electrons. The lowest BCUT2D eigenvalue weighted by Crippen LogP contribution is -2.18. The Morgan fingerprint density at radius 3 is 2.84 bits per heavy atom. The van der Waals surface area contributed by atoms with E-state index in [0.717, 1.165) is 0 Å². The average Bonchev–Trinajstić information content (AvgIpc) is 2.37. The molecule has 1 unspecified atom stereocenters. The summed E-state index contributed by atoms with van der Waals surface area (Å²) < 4.78 is 4.75. The molecule has 19 heavy (non-hydrogen) atoms. The molecule has 0 aromatic heterocycles. The van der Waals surface area contributed by atoms with E-state index in [2.05, 4.69) is 0 Å². The van der Waals surface area contributed by atoms with Crippen LogP contribution in [-0.4, -0.2) is 17.5 Å². The number of rotatable bonds is 5. The van der Waals surface area contributed by atoms with Crippen molar-refractivity contribution in [2.75, 3.05) is 6.61 Å². The van der Waals surface area contributed by atoms with E-state index in [-0.39, 0.29) is 23.7 Å². The summed E-state index contributed by atoms with van der Waals surface area (Å²) in [5.74, 6) is -1.62. The van der Waals surface area contributed by atoms with E-state index in [1.807, 2.05) is 6.07 Å². The molecule has 100 valence electrons. The Hall–Kier alpha value is -2.13. The van der Waals surface area contributed by atoms with Crippen LogP contribution in [0.25, 0.3) is 0 Å². The Labute approximate surface area is 114 Å². The highest BCUT2D eigenvalue weighted by Gasteiger charge is 2.21. The molecular formula is C12H11ClN2O4. The zero-order valence-corrected chi connectivity index (χ0v) is 10.9. The van der Waals surface area contributed by atoms with Gasteiger partial charge in [-0.3, -0.25) is 14.9 Å². The van der Waals surface area contributed by atoms with E-state index < -0.39 is 16.8 Å². The lowest BCUT2D eigenvalue weighted by molar-refractivity contribution is -0.384. The molecule has 0 heterocycles. The Balaban J connectivity index is 2.93. The van der Waals surface area contributed by atoms with Crippen LogP contribution >= 0.6 is 11.6 Å². The van der Waals surface area contributed by atoms with Gasteiger partial charge in [0.25, 0.3) is 5.69 Å². The zero-order valence-electron chi connectivity index (χ0n) is 10.1. The van der Waals surface area contributed by atoms with Gasteiger partial charge in [0, 0.05) is 6.07 Å². The van der Waals surface area contributed by atoms with E-state index in [4.69, 9.17) is 21.6 Å². The smallest absolute Gasteiger partial charge is 0.323 e. The van der Waals surface area contributed by atoms with Crippen LogP contribution in [0.3, 0.4) is 0 Å². The van der Waals surface area contributed by atoms with Crippen LogP contribution in [0.5, 0.6) is 0 Å². The maximum Gasteiger partial charge on any atom is 0.323 e. The third kappa shape index (κ3) is 3.93. The third-order valence-corrected chi connectivity index (χ3v) is 2.69. The fourth-order valence-corrected chi connectivity index (χ4v) is 1.67. The lowest BCUT2D eigenvalue weighted by atomic mass is 10.0. The first-order valence-corrected chi connectivity index (χ1v) is 5.86. The number of hydrogen-bond acceptors (Lipinski definition) is 5. The molecule has 7 heteroatoms. The van der Waals surface area contributed by atoms with Gasteiger partial charge in [-0.15, -0.1) is 0 Å². The molecule has 1 aromatic carbocycles. The number of nitrogens with zero attached hydrogens (tertiary/aromatic N) is 2. The maximum absolute atomic E-state index is 11.5. The number of nitro benzene ring substituents is 1. The second kappa shape index (κ2) is 6.71. The molecule has 6 nitrogen and oxygen atoms in total. The van der Waals surface area contributed by atoms with Crippen molar-refractivity contribution in [3.8, 4) is 6.07 Å². The molecular weight excluding hydrogens is 272 g/mol. The first-order valence-electron chi connectivity index (χ1n) is 5.48. The van der Waals surface area contributed by atoms with Crippen LogP contribution in [0.15, 0.2) is 18.2 Å². The van der Waals surface area contributed by atoms with Crippen molar-refractivity contribution in [1.29, 1.82) is 5.26 Å². The van der Waals surface area contributed by atoms with Crippen molar-refractivity contribution in [1.82, 2.24) is 0 Å². The highest BCUT2D eigenvalue weighted by atomic mass is 35.5. The van der Waals surface area contributed by atoms with Gasteiger partial charge in [-0.25, -0.2) is 0 Å². The quantitative estimate of drug-likeness (QED) is 0.470. The number of nitriles is 1. The van der Waals surface area contributed by atoms with Crippen LogP contribution in [0.2, 0.25) is 5.02 Å². The highest BCUT2D eigenvalue weighted by Crippen LogP contribution is 2.26. The molecule has 0 aliphatic rings. The number of hydrogen-bond donors (Lipinski definition) is 0. The van der Waals surface area contributed by atoms with Gasteiger partial charge in [0.2, 0.25) is 0 Å². The second-order valence-corrected chi connectivity index (χ2v) is 4.09. The lowest BCUT2D eigenvalue weighted by Gasteiger charge is -2.08. The minimum absolute atomic E-state index is 0.0124. The first kappa shape index (κ1) is 14.9. The molecule has 1 atom stereocenters. The standard InChI is InChI=1S/C12H11ClN2O4/c1-2-19-12(16)9(7-14)5-8-3-4-10(13)11(6-8)15(17)18/h3-4,6,9H,2,5H2,1H3. The zero-order chi connectivity index (χ0) is 14.4. The van der Waals surface area contributed by atoms with Gasteiger partial charge in [-0.2, -0.15) is 5.26 Å². The Morgan fingerprint density at radius 1 is 1.63 bits per heavy atom. The molecule has 0 aliphatic carbocycles. The number of ether oxygens (including phenoxy) is 1. The number of esters is 1. The summed E-state index contributed by atoms with van der Waals surface area (Å²) in [6, 6.07) is 5.99. The van der Waals surface area contributed by atoms with Gasteiger partial charge >= 0.3 is 5.97 Å². The summed E-state index contributed by atoms with van der Waals surface area (Å²) in [6.07, 6.45) is 0.0490. The van der Waals surface area contributed by atoms with Crippen LogP contribution in [-0.2, 0) is 16.0 Å². The predicted molar refractivity (Wildman–Crippen MR) is 67.5 cm³/mol. The van der Waals surface area contributed by atoms with Crippen LogP contribution in [0.4, 0.5) is 5.69 Å². The second-order valence-electron chi connectivity index (χ2n) is 3.68. The largest absolute Gasteiger partial charge is 0.465 e. The molecule has 1 aromatic rings. The fraction of sp³-hybridized carbons (Fsp3) is 0.333. The summed E-state index contributed by atoms with van der Waals surface area (Å²) in [5.41, 5.74) is 0.232. The van der Waals surface area contributed by atoms with E-state index >= 15 is 0 Å². The van der Waals surface area contributed by atoms with Crippen molar-refractivity contribution >= 4 is 23.3 Å². The molecule has 1 rings (SSSR count). The van der Waals surface area contributed by atoms with Crippen LogP contribution in [0, 0.1) is 27.4 Å². The number of benzene rings is 1. The fourth-order valence-electron chi connectivity index (χ4n) is 1.49. The molecule has 0 saturated heterocycles.